The largest absolute Gasteiger partial charge is 0.483 e. The molecule has 2 aromatic rings. The van der Waals surface area contributed by atoms with Crippen LogP contribution in [0.25, 0.3) is 0 Å². The van der Waals surface area contributed by atoms with E-state index in [1.807, 2.05) is 19.1 Å². The van der Waals surface area contributed by atoms with Crippen LogP contribution >= 0.6 is 15.9 Å². The Bertz CT molecular complexity index is 630. The third-order valence-electron chi connectivity index (χ3n) is 2.66. The molecular weight excluding hydrogens is 340 g/mol. The number of aryl methyl sites for hydroxylation is 1. The summed E-state index contributed by atoms with van der Waals surface area (Å²) in [5.74, 6) is 0.630. The van der Waals surface area contributed by atoms with E-state index < -0.39 is 5.91 Å². The van der Waals surface area contributed by atoms with Crippen molar-refractivity contribution in [3.8, 4) is 5.75 Å². The average Bonchev–Trinajstić information content (AvgIpc) is 2.91. The van der Waals surface area contributed by atoms with Crippen molar-refractivity contribution in [2.75, 3.05) is 11.9 Å². The first-order valence-electron chi connectivity index (χ1n) is 6.29. The van der Waals surface area contributed by atoms with Gasteiger partial charge in [-0.1, -0.05) is 21.0 Å². The summed E-state index contributed by atoms with van der Waals surface area (Å²) in [5, 5.41) is 14.5. The molecule has 0 saturated heterocycles. The Hall–Kier alpha value is -2.16. The number of anilines is 1. The van der Waals surface area contributed by atoms with Crippen LogP contribution in [0.15, 0.2) is 22.7 Å². The van der Waals surface area contributed by atoms with Crippen molar-refractivity contribution >= 4 is 27.8 Å². The highest BCUT2D eigenvalue weighted by molar-refractivity contribution is 9.10. The van der Waals surface area contributed by atoms with Crippen LogP contribution in [0.1, 0.15) is 12.5 Å². The smallest absolute Gasteiger partial charge is 0.255 e. The van der Waals surface area contributed by atoms with Gasteiger partial charge in [0.25, 0.3) is 5.91 Å². The molecule has 3 N–H and O–H groups in total. The quantitative estimate of drug-likeness (QED) is 0.765. The van der Waals surface area contributed by atoms with E-state index in [2.05, 4.69) is 36.8 Å². The van der Waals surface area contributed by atoms with Crippen LogP contribution in [0, 0.1) is 0 Å². The second-order valence-electron chi connectivity index (χ2n) is 4.18. The van der Waals surface area contributed by atoms with Crippen LogP contribution in [0.5, 0.6) is 5.75 Å². The van der Waals surface area contributed by atoms with Gasteiger partial charge in [-0.2, -0.15) is 0 Å². The van der Waals surface area contributed by atoms with Crippen molar-refractivity contribution in [3.05, 3.63) is 28.2 Å². The highest BCUT2D eigenvalue weighted by Gasteiger charge is 2.09. The number of carbonyl (C=O) groups excluding carboxylic acids is 1. The van der Waals surface area contributed by atoms with Crippen molar-refractivity contribution < 1.29 is 9.53 Å². The molecule has 0 bridgehead atoms. The number of carbonyl (C=O) groups is 1. The lowest BCUT2D eigenvalue weighted by Crippen LogP contribution is -2.20. The number of halogens is 1. The Kier molecular flexibility index (Phi) is 5.09. The minimum absolute atomic E-state index is 0.165. The summed E-state index contributed by atoms with van der Waals surface area (Å²) >= 11 is 3.40. The van der Waals surface area contributed by atoms with E-state index in [1.54, 1.807) is 10.7 Å². The number of tetrazole rings is 1. The molecule has 1 heterocycles. The predicted octanol–water partition coefficient (Wildman–Crippen LogP) is 0.932. The van der Waals surface area contributed by atoms with Crippen LogP contribution < -0.4 is 15.8 Å². The van der Waals surface area contributed by atoms with E-state index in [1.165, 1.54) is 0 Å². The molecule has 1 aromatic heterocycles. The summed E-state index contributed by atoms with van der Waals surface area (Å²) in [7, 11) is 0. The highest BCUT2D eigenvalue weighted by Crippen LogP contribution is 2.24. The second-order valence-corrected chi connectivity index (χ2v) is 5.09. The average molecular weight is 355 g/mol. The Morgan fingerprint density at radius 3 is 3.05 bits per heavy atom. The molecular formula is C12H15BrN6O2. The van der Waals surface area contributed by atoms with Crippen LogP contribution in [0.4, 0.5) is 5.95 Å². The standard InChI is InChI=1S/C12H15BrN6O2/c1-2-19-12(16-17-18-19)15-6-8-5-9(13)3-4-10(8)21-7-11(14)20/h3-5H,2,6-7H2,1H3,(H2,14,20)(H,15,16,18). The van der Waals surface area contributed by atoms with Gasteiger partial charge >= 0.3 is 0 Å². The van der Waals surface area contributed by atoms with Gasteiger partial charge in [-0.15, -0.1) is 0 Å². The minimum atomic E-state index is -0.522. The predicted molar refractivity (Wildman–Crippen MR) is 79.6 cm³/mol. The van der Waals surface area contributed by atoms with E-state index >= 15 is 0 Å². The zero-order valence-electron chi connectivity index (χ0n) is 11.4. The number of hydrogen-bond donors (Lipinski definition) is 2. The van der Waals surface area contributed by atoms with Crippen molar-refractivity contribution in [3.63, 3.8) is 0 Å². The molecule has 0 aliphatic carbocycles. The van der Waals surface area contributed by atoms with Gasteiger partial charge in [0, 0.05) is 23.1 Å². The first-order chi connectivity index (χ1) is 10.1. The van der Waals surface area contributed by atoms with Gasteiger partial charge < -0.3 is 15.8 Å². The van der Waals surface area contributed by atoms with Crippen molar-refractivity contribution in [2.24, 2.45) is 5.73 Å². The Morgan fingerprint density at radius 1 is 1.52 bits per heavy atom. The Balaban J connectivity index is 2.10. The molecule has 112 valence electrons. The van der Waals surface area contributed by atoms with Crippen molar-refractivity contribution in [2.45, 2.75) is 20.0 Å². The van der Waals surface area contributed by atoms with Gasteiger partial charge in [-0.3, -0.25) is 4.79 Å². The molecule has 2 rings (SSSR count). The van der Waals surface area contributed by atoms with Gasteiger partial charge in [0.15, 0.2) is 6.61 Å². The maximum absolute atomic E-state index is 10.8. The van der Waals surface area contributed by atoms with E-state index in [9.17, 15) is 4.79 Å². The number of primary amides is 1. The molecule has 0 unspecified atom stereocenters. The number of ether oxygens (including phenoxy) is 1. The SMILES string of the molecule is CCn1nnnc1NCc1cc(Br)ccc1OCC(N)=O. The number of benzene rings is 1. The maximum Gasteiger partial charge on any atom is 0.255 e. The topological polar surface area (TPSA) is 108 Å². The summed E-state index contributed by atoms with van der Waals surface area (Å²) in [5.41, 5.74) is 5.95. The van der Waals surface area contributed by atoms with E-state index in [4.69, 9.17) is 10.5 Å². The first kappa shape index (κ1) is 15.2. The summed E-state index contributed by atoms with van der Waals surface area (Å²) in [6, 6.07) is 5.49. The number of rotatable bonds is 7. The molecule has 0 radical (unpaired) electrons. The van der Waals surface area contributed by atoms with Gasteiger partial charge in [-0.25, -0.2) is 4.68 Å². The van der Waals surface area contributed by atoms with Crippen molar-refractivity contribution in [1.82, 2.24) is 20.2 Å². The fourth-order valence-electron chi connectivity index (χ4n) is 1.69. The lowest BCUT2D eigenvalue weighted by Gasteiger charge is -2.12. The van der Waals surface area contributed by atoms with Gasteiger partial charge in [0.2, 0.25) is 5.95 Å². The normalized spacial score (nSPS) is 10.4. The zero-order valence-corrected chi connectivity index (χ0v) is 13.0. The fraction of sp³-hybridized carbons (Fsp3) is 0.333. The lowest BCUT2D eigenvalue weighted by atomic mass is 10.2. The molecule has 0 atom stereocenters. The molecule has 9 heteroatoms. The summed E-state index contributed by atoms with van der Waals surface area (Å²) in [6.45, 7) is 2.90. The van der Waals surface area contributed by atoms with E-state index in [0.29, 0.717) is 24.8 Å². The molecule has 0 fully saturated rings. The molecule has 1 aromatic carbocycles. The number of amides is 1. The Morgan fingerprint density at radius 2 is 2.33 bits per heavy atom. The van der Waals surface area contributed by atoms with Gasteiger partial charge in [0.1, 0.15) is 5.75 Å². The molecule has 8 nitrogen and oxygen atoms in total. The van der Waals surface area contributed by atoms with Crippen LogP contribution in [0.3, 0.4) is 0 Å². The zero-order chi connectivity index (χ0) is 15.2. The minimum Gasteiger partial charge on any atom is -0.483 e. The van der Waals surface area contributed by atoms with E-state index in [-0.39, 0.29) is 6.61 Å². The third-order valence-corrected chi connectivity index (χ3v) is 3.15. The monoisotopic (exact) mass is 354 g/mol. The number of nitrogens with two attached hydrogens (primary N) is 1. The second kappa shape index (κ2) is 7.02. The number of nitrogens with zero attached hydrogens (tertiary/aromatic N) is 4. The van der Waals surface area contributed by atoms with Gasteiger partial charge in [0.05, 0.1) is 0 Å². The molecule has 21 heavy (non-hydrogen) atoms. The maximum atomic E-state index is 10.8. The van der Waals surface area contributed by atoms with Crippen molar-refractivity contribution in [1.29, 1.82) is 0 Å². The fourth-order valence-corrected chi connectivity index (χ4v) is 2.10. The third kappa shape index (κ3) is 4.15. The number of hydrogen-bond acceptors (Lipinski definition) is 6. The van der Waals surface area contributed by atoms with Gasteiger partial charge in [-0.05, 0) is 35.5 Å². The van der Waals surface area contributed by atoms with Crippen LogP contribution in [-0.4, -0.2) is 32.7 Å². The molecule has 0 spiro atoms. The number of nitrogens with one attached hydrogen (secondary N) is 1. The summed E-state index contributed by atoms with van der Waals surface area (Å²) in [6.07, 6.45) is 0. The molecule has 0 saturated carbocycles. The van der Waals surface area contributed by atoms with Crippen LogP contribution in [-0.2, 0) is 17.9 Å². The molecule has 1 amide bonds. The van der Waals surface area contributed by atoms with E-state index in [0.717, 1.165) is 10.0 Å². The highest BCUT2D eigenvalue weighted by atomic mass is 79.9. The first-order valence-corrected chi connectivity index (χ1v) is 7.09. The molecule has 0 aliphatic heterocycles. The van der Waals surface area contributed by atoms with Crippen LogP contribution in [0.2, 0.25) is 0 Å². The summed E-state index contributed by atoms with van der Waals surface area (Å²) < 4.78 is 7.93. The summed E-state index contributed by atoms with van der Waals surface area (Å²) in [4.78, 5) is 10.8. The lowest BCUT2D eigenvalue weighted by molar-refractivity contribution is -0.119. The molecule has 0 aliphatic rings. The number of aromatic nitrogens is 4. The Labute approximate surface area is 129 Å².